The number of benzene rings is 1. The Hall–Kier alpha value is -0.990. The van der Waals surface area contributed by atoms with Gasteiger partial charge in [-0.3, -0.25) is 16.0 Å². The highest BCUT2D eigenvalue weighted by atomic mass is 127. The summed E-state index contributed by atoms with van der Waals surface area (Å²) < 4.78 is 3.10. The first-order chi connectivity index (χ1) is 8.74. The highest BCUT2D eigenvalue weighted by Crippen LogP contribution is 2.18. The molecular formula is C12H16IN5. The summed E-state index contributed by atoms with van der Waals surface area (Å²) in [6, 6.07) is 8.37. The van der Waals surface area contributed by atoms with Gasteiger partial charge in [-0.2, -0.15) is 5.10 Å². The summed E-state index contributed by atoms with van der Waals surface area (Å²) >= 11 is 2.29. The number of nitrogens with zero attached hydrogens (tertiary/aromatic N) is 3. The molecule has 18 heavy (non-hydrogen) atoms. The van der Waals surface area contributed by atoms with Gasteiger partial charge >= 0.3 is 0 Å². The predicted molar refractivity (Wildman–Crippen MR) is 78.6 cm³/mol. The molecule has 0 spiro atoms. The van der Waals surface area contributed by atoms with Gasteiger partial charge in [0.15, 0.2) is 0 Å². The van der Waals surface area contributed by atoms with Crippen LogP contribution in [0.1, 0.15) is 24.4 Å². The number of nitrogens with two attached hydrogens (primary N) is 1. The molecule has 0 aliphatic rings. The second-order valence-corrected chi connectivity index (χ2v) is 5.21. The first-order valence-electron chi connectivity index (χ1n) is 5.83. The third-order valence-corrected chi connectivity index (χ3v) is 3.57. The van der Waals surface area contributed by atoms with Crippen molar-refractivity contribution < 1.29 is 0 Å². The Morgan fingerprint density at radius 2 is 2.11 bits per heavy atom. The number of hydrogen-bond acceptors (Lipinski definition) is 4. The Labute approximate surface area is 120 Å². The molecular weight excluding hydrogens is 341 g/mol. The molecule has 2 rings (SSSR count). The number of hydrazine groups is 1. The maximum atomic E-state index is 5.64. The highest BCUT2D eigenvalue weighted by Gasteiger charge is 2.14. The van der Waals surface area contributed by atoms with Gasteiger partial charge in [0.05, 0.1) is 6.04 Å². The van der Waals surface area contributed by atoms with Crippen molar-refractivity contribution in [3.63, 3.8) is 0 Å². The van der Waals surface area contributed by atoms with Crippen molar-refractivity contribution in [3.05, 3.63) is 45.6 Å². The van der Waals surface area contributed by atoms with Crippen LogP contribution in [0.5, 0.6) is 0 Å². The van der Waals surface area contributed by atoms with Gasteiger partial charge in [-0.1, -0.05) is 12.1 Å². The van der Waals surface area contributed by atoms with E-state index >= 15 is 0 Å². The zero-order valence-electron chi connectivity index (χ0n) is 10.2. The molecule has 3 N–H and O–H groups in total. The van der Waals surface area contributed by atoms with E-state index in [1.807, 2.05) is 11.6 Å². The molecule has 0 bridgehead atoms. The standard InChI is InChI=1S/C12H16IN5/c1-2-18-12(15-8-16-18)7-11(17-14)9-3-5-10(13)6-4-9/h3-6,8,11,17H,2,7,14H2,1H3. The average molecular weight is 357 g/mol. The van der Waals surface area contributed by atoms with Gasteiger partial charge in [0.1, 0.15) is 12.2 Å². The minimum atomic E-state index is 0.0523. The Morgan fingerprint density at radius 3 is 2.72 bits per heavy atom. The van der Waals surface area contributed by atoms with Crippen molar-refractivity contribution in [1.29, 1.82) is 0 Å². The van der Waals surface area contributed by atoms with Crippen molar-refractivity contribution in [2.24, 2.45) is 5.84 Å². The van der Waals surface area contributed by atoms with Crippen LogP contribution in [0.25, 0.3) is 0 Å². The van der Waals surface area contributed by atoms with Crippen molar-refractivity contribution in [1.82, 2.24) is 20.2 Å². The zero-order chi connectivity index (χ0) is 13.0. The predicted octanol–water partition coefficient (Wildman–Crippen LogP) is 1.65. The van der Waals surface area contributed by atoms with E-state index < -0.39 is 0 Å². The van der Waals surface area contributed by atoms with Crippen LogP contribution in [0.4, 0.5) is 0 Å². The van der Waals surface area contributed by atoms with E-state index in [0.29, 0.717) is 0 Å². The van der Waals surface area contributed by atoms with E-state index in [1.54, 1.807) is 6.33 Å². The van der Waals surface area contributed by atoms with Crippen LogP contribution in [-0.4, -0.2) is 14.8 Å². The molecule has 1 atom stereocenters. The quantitative estimate of drug-likeness (QED) is 0.485. The molecule has 0 saturated heterocycles. The van der Waals surface area contributed by atoms with E-state index in [9.17, 15) is 0 Å². The fourth-order valence-corrected chi connectivity index (χ4v) is 2.22. The number of aryl methyl sites for hydroxylation is 1. The van der Waals surface area contributed by atoms with Gasteiger partial charge in [0.25, 0.3) is 0 Å². The number of aromatic nitrogens is 3. The average Bonchev–Trinajstić information content (AvgIpc) is 2.84. The largest absolute Gasteiger partial charge is 0.271 e. The van der Waals surface area contributed by atoms with Gasteiger partial charge in [0, 0.05) is 16.5 Å². The van der Waals surface area contributed by atoms with Crippen molar-refractivity contribution in [2.75, 3.05) is 0 Å². The molecule has 1 aromatic heterocycles. The highest BCUT2D eigenvalue weighted by molar-refractivity contribution is 14.1. The normalized spacial score (nSPS) is 12.6. The Balaban J connectivity index is 2.17. The van der Waals surface area contributed by atoms with E-state index in [4.69, 9.17) is 5.84 Å². The topological polar surface area (TPSA) is 68.8 Å². The summed E-state index contributed by atoms with van der Waals surface area (Å²) in [6.45, 7) is 2.87. The molecule has 1 heterocycles. The molecule has 0 saturated carbocycles. The lowest BCUT2D eigenvalue weighted by Crippen LogP contribution is -2.30. The third-order valence-electron chi connectivity index (χ3n) is 2.86. The number of hydrogen-bond donors (Lipinski definition) is 2. The summed E-state index contributed by atoms with van der Waals surface area (Å²) in [7, 11) is 0. The number of nitrogens with one attached hydrogen (secondary N) is 1. The summed E-state index contributed by atoms with van der Waals surface area (Å²) in [4.78, 5) is 4.27. The zero-order valence-corrected chi connectivity index (χ0v) is 12.3. The Kier molecular flexibility index (Phi) is 4.67. The number of rotatable bonds is 5. The van der Waals surface area contributed by atoms with Gasteiger partial charge in [-0.15, -0.1) is 0 Å². The second kappa shape index (κ2) is 6.26. The molecule has 0 aliphatic heterocycles. The fourth-order valence-electron chi connectivity index (χ4n) is 1.86. The Bertz CT molecular complexity index is 493. The Morgan fingerprint density at radius 1 is 1.39 bits per heavy atom. The molecule has 1 unspecified atom stereocenters. The van der Waals surface area contributed by atoms with Crippen LogP contribution in [0.3, 0.4) is 0 Å². The van der Waals surface area contributed by atoms with E-state index in [2.05, 4.69) is 62.4 Å². The molecule has 0 radical (unpaired) electrons. The maximum absolute atomic E-state index is 5.64. The molecule has 2 aromatic rings. The van der Waals surface area contributed by atoms with Crippen molar-refractivity contribution in [3.8, 4) is 0 Å². The van der Waals surface area contributed by atoms with E-state index in [1.165, 1.54) is 3.57 Å². The lowest BCUT2D eigenvalue weighted by molar-refractivity contribution is 0.510. The summed E-state index contributed by atoms with van der Waals surface area (Å²) in [5, 5.41) is 4.17. The molecule has 96 valence electrons. The SMILES string of the molecule is CCn1ncnc1CC(NN)c1ccc(I)cc1. The first kappa shape index (κ1) is 13.4. The smallest absolute Gasteiger partial charge is 0.138 e. The summed E-state index contributed by atoms with van der Waals surface area (Å²) in [5.74, 6) is 6.59. The van der Waals surface area contributed by atoms with Crippen molar-refractivity contribution >= 4 is 22.6 Å². The van der Waals surface area contributed by atoms with Crippen LogP contribution in [0.2, 0.25) is 0 Å². The van der Waals surface area contributed by atoms with Crippen LogP contribution < -0.4 is 11.3 Å². The van der Waals surface area contributed by atoms with Gasteiger partial charge in [-0.05, 0) is 47.2 Å². The van der Waals surface area contributed by atoms with Crippen LogP contribution >= 0.6 is 22.6 Å². The molecule has 0 fully saturated rings. The van der Waals surface area contributed by atoms with Crippen LogP contribution in [-0.2, 0) is 13.0 Å². The molecule has 5 nitrogen and oxygen atoms in total. The van der Waals surface area contributed by atoms with E-state index in [0.717, 1.165) is 24.4 Å². The molecule has 6 heteroatoms. The monoisotopic (exact) mass is 357 g/mol. The van der Waals surface area contributed by atoms with E-state index in [-0.39, 0.29) is 6.04 Å². The summed E-state index contributed by atoms with van der Waals surface area (Å²) in [5.41, 5.74) is 4.00. The van der Waals surface area contributed by atoms with Gasteiger partial charge in [-0.25, -0.2) is 4.98 Å². The fraction of sp³-hybridized carbons (Fsp3) is 0.333. The molecule has 1 aromatic carbocycles. The van der Waals surface area contributed by atoms with Crippen LogP contribution in [0.15, 0.2) is 30.6 Å². The third kappa shape index (κ3) is 3.06. The van der Waals surface area contributed by atoms with Gasteiger partial charge < -0.3 is 0 Å². The minimum Gasteiger partial charge on any atom is -0.271 e. The lowest BCUT2D eigenvalue weighted by atomic mass is 10.0. The molecule has 0 amide bonds. The minimum absolute atomic E-state index is 0.0523. The molecule has 0 aliphatic carbocycles. The lowest BCUT2D eigenvalue weighted by Gasteiger charge is -2.16. The van der Waals surface area contributed by atoms with Crippen molar-refractivity contribution in [2.45, 2.75) is 25.9 Å². The number of halogens is 1. The second-order valence-electron chi connectivity index (χ2n) is 3.97. The summed E-state index contributed by atoms with van der Waals surface area (Å²) in [6.07, 6.45) is 2.31. The van der Waals surface area contributed by atoms with Crippen LogP contribution in [0, 0.1) is 3.57 Å². The van der Waals surface area contributed by atoms with Gasteiger partial charge in [0.2, 0.25) is 0 Å². The maximum Gasteiger partial charge on any atom is 0.138 e. The first-order valence-corrected chi connectivity index (χ1v) is 6.90.